The van der Waals surface area contributed by atoms with Crippen molar-refractivity contribution >= 4 is 41.7 Å². The van der Waals surface area contributed by atoms with Crippen molar-refractivity contribution in [3.63, 3.8) is 0 Å². The smallest absolute Gasteiger partial charge is 0.191 e. The van der Waals surface area contributed by atoms with E-state index < -0.39 is 0 Å². The van der Waals surface area contributed by atoms with E-state index in [1.807, 2.05) is 30.1 Å². The Balaban J connectivity index is 0.00000288. The first kappa shape index (κ1) is 20.8. The van der Waals surface area contributed by atoms with Gasteiger partial charge in [-0.25, -0.2) is 4.39 Å². The molecule has 0 atom stereocenters. The van der Waals surface area contributed by atoms with Crippen LogP contribution in [0.1, 0.15) is 16.8 Å². The number of guanidine groups is 1. The summed E-state index contributed by atoms with van der Waals surface area (Å²) in [5.41, 5.74) is 3.15. The molecule has 0 aliphatic rings. The van der Waals surface area contributed by atoms with Crippen LogP contribution in [0.4, 0.5) is 4.39 Å². The molecule has 132 valence electrons. The molecular weight excluding hydrogens is 440 g/mol. The molecule has 0 saturated carbocycles. The normalized spacial score (nSPS) is 11.1. The molecule has 2 aromatic rings. The Labute approximate surface area is 163 Å². The van der Waals surface area contributed by atoms with Crippen molar-refractivity contribution < 1.29 is 4.39 Å². The average molecular weight is 463 g/mol. The fraction of sp³-hybridized carbons (Fsp3) is 0.375. The van der Waals surface area contributed by atoms with Crippen LogP contribution in [-0.4, -0.2) is 29.0 Å². The van der Waals surface area contributed by atoms with E-state index in [-0.39, 0.29) is 29.8 Å². The third kappa shape index (κ3) is 5.97. The summed E-state index contributed by atoms with van der Waals surface area (Å²) in [5.74, 6) is 1.29. The molecule has 8 heteroatoms. The quantitative estimate of drug-likeness (QED) is 0.393. The van der Waals surface area contributed by atoms with Crippen LogP contribution in [0.3, 0.4) is 0 Å². The van der Waals surface area contributed by atoms with E-state index in [2.05, 4.69) is 20.7 Å². The van der Waals surface area contributed by atoms with Crippen molar-refractivity contribution in [2.24, 2.45) is 12.0 Å². The first-order valence-corrected chi connectivity index (χ1v) is 8.71. The molecule has 0 unspecified atom stereocenters. The number of nitrogens with one attached hydrogen (secondary N) is 2. The van der Waals surface area contributed by atoms with Crippen LogP contribution in [0.25, 0.3) is 0 Å². The van der Waals surface area contributed by atoms with Crippen LogP contribution >= 0.6 is 35.7 Å². The molecule has 0 spiro atoms. The van der Waals surface area contributed by atoms with Crippen molar-refractivity contribution in [1.82, 2.24) is 20.4 Å². The topological polar surface area (TPSA) is 54.2 Å². The maximum Gasteiger partial charge on any atom is 0.191 e. The minimum Gasteiger partial charge on any atom is -0.352 e. The molecule has 1 heterocycles. The summed E-state index contributed by atoms with van der Waals surface area (Å²) < 4.78 is 15.2. The Bertz CT molecular complexity index is 674. The van der Waals surface area contributed by atoms with Gasteiger partial charge in [-0.2, -0.15) is 16.9 Å². The van der Waals surface area contributed by atoms with E-state index in [4.69, 9.17) is 0 Å². The van der Waals surface area contributed by atoms with Gasteiger partial charge in [0.1, 0.15) is 5.82 Å². The van der Waals surface area contributed by atoms with Gasteiger partial charge in [0, 0.05) is 32.6 Å². The fourth-order valence-electron chi connectivity index (χ4n) is 2.21. The summed E-state index contributed by atoms with van der Waals surface area (Å²) in [6, 6.07) is 6.87. The number of aromatic nitrogens is 2. The van der Waals surface area contributed by atoms with Gasteiger partial charge < -0.3 is 10.6 Å². The molecule has 0 bridgehead atoms. The third-order valence-electron chi connectivity index (χ3n) is 3.50. The molecular formula is C16H23FIN5S. The molecule has 5 nitrogen and oxygen atoms in total. The van der Waals surface area contributed by atoms with E-state index in [1.165, 1.54) is 6.07 Å². The average Bonchev–Trinajstić information content (AvgIpc) is 2.95. The number of halogens is 2. The minimum atomic E-state index is -0.198. The first-order chi connectivity index (χ1) is 11.1. The standard InChI is InChI=1S/C16H22FN5S.HI/c1-18-16(20-10-15-6-7-21-22(15)2)19-9-12-4-5-14(17)8-13(12)11-23-3;/h4-8H,9-11H2,1-3H3,(H2,18,19,20);1H. The van der Waals surface area contributed by atoms with Gasteiger partial charge in [0.25, 0.3) is 0 Å². The Hall–Kier alpha value is -1.29. The number of thioether (sulfide) groups is 1. The molecule has 0 amide bonds. The summed E-state index contributed by atoms with van der Waals surface area (Å²) in [5, 5.41) is 10.6. The molecule has 0 aliphatic heterocycles. The molecule has 0 aliphatic carbocycles. The summed E-state index contributed by atoms with van der Waals surface area (Å²) in [6.07, 6.45) is 3.77. The lowest BCUT2D eigenvalue weighted by Gasteiger charge is -2.14. The molecule has 0 radical (unpaired) electrons. The van der Waals surface area contributed by atoms with Gasteiger partial charge >= 0.3 is 0 Å². The molecule has 0 saturated heterocycles. The highest BCUT2D eigenvalue weighted by molar-refractivity contribution is 14.0. The van der Waals surface area contributed by atoms with Crippen molar-refractivity contribution in [2.75, 3.05) is 13.3 Å². The van der Waals surface area contributed by atoms with Crippen LogP contribution in [0, 0.1) is 5.82 Å². The number of rotatable bonds is 6. The fourth-order valence-corrected chi connectivity index (χ4v) is 2.79. The second-order valence-corrected chi connectivity index (χ2v) is 5.94. The van der Waals surface area contributed by atoms with Crippen molar-refractivity contribution in [3.05, 3.63) is 53.1 Å². The zero-order valence-corrected chi connectivity index (χ0v) is 17.2. The van der Waals surface area contributed by atoms with E-state index in [9.17, 15) is 4.39 Å². The Morgan fingerprint density at radius 2 is 2.00 bits per heavy atom. The van der Waals surface area contributed by atoms with Gasteiger partial charge in [0.05, 0.1) is 12.2 Å². The van der Waals surface area contributed by atoms with E-state index in [0.29, 0.717) is 19.0 Å². The van der Waals surface area contributed by atoms with Crippen molar-refractivity contribution in [2.45, 2.75) is 18.8 Å². The zero-order valence-electron chi connectivity index (χ0n) is 14.0. The maximum atomic E-state index is 13.4. The van der Waals surface area contributed by atoms with Crippen molar-refractivity contribution in [3.8, 4) is 0 Å². The third-order valence-corrected chi connectivity index (χ3v) is 4.10. The zero-order chi connectivity index (χ0) is 16.7. The molecule has 1 aromatic heterocycles. The number of nitrogens with zero attached hydrogens (tertiary/aromatic N) is 3. The second-order valence-electron chi connectivity index (χ2n) is 5.07. The summed E-state index contributed by atoms with van der Waals surface area (Å²) >= 11 is 1.68. The largest absolute Gasteiger partial charge is 0.352 e. The maximum absolute atomic E-state index is 13.4. The Morgan fingerprint density at radius 1 is 1.25 bits per heavy atom. The number of hydrogen-bond donors (Lipinski definition) is 2. The SMILES string of the molecule is CN=C(NCc1ccc(F)cc1CSC)NCc1ccnn1C.I. The van der Waals surface area contributed by atoms with Crippen LogP contribution < -0.4 is 10.6 Å². The van der Waals surface area contributed by atoms with Gasteiger partial charge in [-0.15, -0.1) is 24.0 Å². The molecule has 24 heavy (non-hydrogen) atoms. The van der Waals surface area contributed by atoms with Crippen LogP contribution in [0.2, 0.25) is 0 Å². The van der Waals surface area contributed by atoms with E-state index in [0.717, 1.165) is 22.6 Å². The van der Waals surface area contributed by atoms with E-state index in [1.54, 1.807) is 31.1 Å². The van der Waals surface area contributed by atoms with Crippen molar-refractivity contribution in [1.29, 1.82) is 0 Å². The predicted molar refractivity (Wildman–Crippen MR) is 109 cm³/mol. The lowest BCUT2D eigenvalue weighted by atomic mass is 10.1. The van der Waals surface area contributed by atoms with Gasteiger partial charge in [0.2, 0.25) is 0 Å². The summed E-state index contributed by atoms with van der Waals surface area (Å²) in [6.45, 7) is 1.23. The number of aliphatic imine (C=N–C) groups is 1. The van der Waals surface area contributed by atoms with Gasteiger partial charge in [-0.05, 0) is 35.6 Å². The highest BCUT2D eigenvalue weighted by atomic mass is 127. The van der Waals surface area contributed by atoms with Gasteiger partial charge in [-0.3, -0.25) is 9.67 Å². The number of aryl methyl sites for hydroxylation is 1. The second kappa shape index (κ2) is 10.5. The van der Waals surface area contributed by atoms with Crippen LogP contribution in [-0.2, 0) is 25.9 Å². The molecule has 2 rings (SSSR count). The van der Waals surface area contributed by atoms with Gasteiger partial charge in [-0.1, -0.05) is 6.07 Å². The highest BCUT2D eigenvalue weighted by Gasteiger charge is 2.06. The predicted octanol–water partition coefficient (Wildman–Crippen LogP) is 2.91. The molecule has 1 aromatic carbocycles. The highest BCUT2D eigenvalue weighted by Crippen LogP contribution is 2.16. The summed E-state index contributed by atoms with van der Waals surface area (Å²) in [7, 11) is 3.63. The van der Waals surface area contributed by atoms with Crippen LogP contribution in [0.5, 0.6) is 0 Å². The number of benzene rings is 1. The Kier molecular flexibility index (Phi) is 9.12. The lowest BCUT2D eigenvalue weighted by Crippen LogP contribution is -2.36. The summed E-state index contributed by atoms with van der Waals surface area (Å²) in [4.78, 5) is 4.21. The van der Waals surface area contributed by atoms with E-state index >= 15 is 0 Å². The van der Waals surface area contributed by atoms with Gasteiger partial charge in [0.15, 0.2) is 5.96 Å². The lowest BCUT2D eigenvalue weighted by molar-refractivity contribution is 0.625. The molecule has 2 N–H and O–H groups in total. The Morgan fingerprint density at radius 3 is 2.62 bits per heavy atom. The first-order valence-electron chi connectivity index (χ1n) is 7.31. The van der Waals surface area contributed by atoms with Crippen LogP contribution in [0.15, 0.2) is 35.5 Å². The molecule has 0 fully saturated rings. The monoisotopic (exact) mass is 463 g/mol. The number of hydrogen-bond acceptors (Lipinski definition) is 3. The minimum absolute atomic E-state index is 0.